The Morgan fingerprint density at radius 2 is 2.25 bits per heavy atom. The first kappa shape index (κ1) is 10.9. The van der Waals surface area contributed by atoms with E-state index >= 15 is 0 Å². The molecule has 0 aliphatic rings. The summed E-state index contributed by atoms with van der Waals surface area (Å²) in [5.41, 5.74) is 6.02. The molecule has 1 heterocycles. The lowest BCUT2D eigenvalue weighted by atomic mass is 10.1. The standard InChI is InChI=1S/C10H8BrFN2O2/c1-15-7-3-2-5(10(12)9(7)11)6-4-8(13)16-14-6/h2-4H,13H2,1H3. The third-order valence-corrected chi connectivity index (χ3v) is 2.81. The predicted molar refractivity (Wildman–Crippen MR) is 60.6 cm³/mol. The van der Waals surface area contributed by atoms with Crippen LogP contribution in [0.3, 0.4) is 0 Å². The van der Waals surface area contributed by atoms with Crippen LogP contribution in [-0.4, -0.2) is 12.3 Å². The molecule has 0 saturated heterocycles. The van der Waals surface area contributed by atoms with E-state index in [0.29, 0.717) is 17.0 Å². The Morgan fingerprint density at radius 1 is 1.50 bits per heavy atom. The highest BCUT2D eigenvalue weighted by molar-refractivity contribution is 9.10. The number of nitrogen functional groups attached to an aromatic ring is 1. The van der Waals surface area contributed by atoms with Gasteiger partial charge < -0.3 is 15.0 Å². The van der Waals surface area contributed by atoms with Crippen molar-refractivity contribution in [2.75, 3.05) is 12.8 Å². The van der Waals surface area contributed by atoms with E-state index in [1.165, 1.54) is 13.2 Å². The lowest BCUT2D eigenvalue weighted by Crippen LogP contribution is -1.91. The van der Waals surface area contributed by atoms with E-state index in [4.69, 9.17) is 10.5 Å². The van der Waals surface area contributed by atoms with Gasteiger partial charge in [0.1, 0.15) is 11.4 Å². The summed E-state index contributed by atoms with van der Waals surface area (Å²) in [5, 5.41) is 3.64. The van der Waals surface area contributed by atoms with Crippen LogP contribution in [0.1, 0.15) is 0 Å². The van der Waals surface area contributed by atoms with Crippen LogP contribution in [0.25, 0.3) is 11.3 Å². The summed E-state index contributed by atoms with van der Waals surface area (Å²) >= 11 is 3.11. The number of benzene rings is 1. The quantitative estimate of drug-likeness (QED) is 0.922. The van der Waals surface area contributed by atoms with Gasteiger partial charge in [-0.2, -0.15) is 0 Å². The van der Waals surface area contributed by atoms with E-state index < -0.39 is 5.82 Å². The molecule has 2 rings (SSSR count). The molecule has 0 fully saturated rings. The molecule has 0 unspecified atom stereocenters. The molecule has 0 aliphatic heterocycles. The molecule has 2 N–H and O–H groups in total. The zero-order chi connectivity index (χ0) is 11.7. The first-order chi connectivity index (χ1) is 7.63. The number of nitrogens with zero attached hydrogens (tertiary/aromatic N) is 1. The van der Waals surface area contributed by atoms with Gasteiger partial charge in [0.05, 0.1) is 11.6 Å². The molecule has 0 amide bonds. The Balaban J connectivity index is 2.55. The van der Waals surface area contributed by atoms with Gasteiger partial charge >= 0.3 is 0 Å². The van der Waals surface area contributed by atoms with Gasteiger partial charge in [0, 0.05) is 11.6 Å². The summed E-state index contributed by atoms with van der Waals surface area (Å²) in [7, 11) is 1.47. The zero-order valence-corrected chi connectivity index (χ0v) is 9.92. The fourth-order valence-electron chi connectivity index (χ4n) is 1.30. The summed E-state index contributed by atoms with van der Waals surface area (Å²) in [5.74, 6) is 0.0895. The maximum Gasteiger partial charge on any atom is 0.222 e. The van der Waals surface area contributed by atoms with Crippen LogP contribution in [0.15, 0.2) is 27.2 Å². The number of halogens is 2. The Bertz CT molecular complexity index is 528. The van der Waals surface area contributed by atoms with E-state index in [1.54, 1.807) is 12.1 Å². The van der Waals surface area contributed by atoms with Crippen molar-refractivity contribution in [3.8, 4) is 17.0 Å². The normalized spacial score (nSPS) is 10.4. The van der Waals surface area contributed by atoms with Crippen LogP contribution < -0.4 is 10.5 Å². The molecule has 2 aromatic rings. The smallest absolute Gasteiger partial charge is 0.222 e. The third-order valence-electron chi connectivity index (χ3n) is 2.07. The van der Waals surface area contributed by atoms with Gasteiger partial charge in [0.25, 0.3) is 0 Å². The Labute approximate surface area is 99.3 Å². The Hall–Kier alpha value is -1.56. The lowest BCUT2D eigenvalue weighted by Gasteiger charge is -2.06. The highest BCUT2D eigenvalue weighted by Crippen LogP contribution is 2.34. The molecule has 84 valence electrons. The molecule has 0 atom stereocenters. The van der Waals surface area contributed by atoms with Crippen molar-refractivity contribution >= 4 is 21.8 Å². The molecular formula is C10H8BrFN2O2. The molecule has 0 bridgehead atoms. The maximum atomic E-state index is 13.9. The van der Waals surface area contributed by atoms with Crippen molar-refractivity contribution < 1.29 is 13.7 Å². The van der Waals surface area contributed by atoms with E-state index in [9.17, 15) is 4.39 Å². The van der Waals surface area contributed by atoms with Crippen molar-refractivity contribution in [1.29, 1.82) is 0 Å². The predicted octanol–water partition coefficient (Wildman–Crippen LogP) is 2.83. The number of hydrogen-bond acceptors (Lipinski definition) is 4. The molecule has 0 spiro atoms. The highest BCUT2D eigenvalue weighted by Gasteiger charge is 2.15. The largest absolute Gasteiger partial charge is 0.495 e. The van der Waals surface area contributed by atoms with Crippen molar-refractivity contribution in [2.24, 2.45) is 0 Å². The van der Waals surface area contributed by atoms with Crippen molar-refractivity contribution in [3.05, 3.63) is 28.5 Å². The average Bonchev–Trinajstić information content (AvgIpc) is 2.69. The van der Waals surface area contributed by atoms with Gasteiger partial charge in [0.2, 0.25) is 5.88 Å². The van der Waals surface area contributed by atoms with Crippen LogP contribution in [-0.2, 0) is 0 Å². The summed E-state index contributed by atoms with van der Waals surface area (Å²) in [6, 6.07) is 4.64. The number of ether oxygens (including phenoxy) is 1. The van der Waals surface area contributed by atoms with Crippen LogP contribution in [0, 0.1) is 5.82 Å². The number of anilines is 1. The molecule has 6 heteroatoms. The Morgan fingerprint density at radius 3 is 2.81 bits per heavy atom. The summed E-state index contributed by atoms with van der Waals surface area (Å²) in [6.45, 7) is 0. The van der Waals surface area contributed by atoms with Gasteiger partial charge in [-0.3, -0.25) is 0 Å². The Kier molecular flexibility index (Phi) is 2.82. The van der Waals surface area contributed by atoms with Gasteiger partial charge in [-0.25, -0.2) is 4.39 Å². The molecule has 0 radical (unpaired) electrons. The van der Waals surface area contributed by atoms with Gasteiger partial charge in [-0.1, -0.05) is 5.16 Å². The monoisotopic (exact) mass is 286 g/mol. The number of hydrogen-bond donors (Lipinski definition) is 1. The highest BCUT2D eigenvalue weighted by atomic mass is 79.9. The van der Waals surface area contributed by atoms with Gasteiger partial charge in [-0.15, -0.1) is 0 Å². The van der Waals surface area contributed by atoms with Crippen LogP contribution in [0.2, 0.25) is 0 Å². The number of nitrogens with two attached hydrogens (primary N) is 1. The minimum atomic E-state index is -0.465. The van der Waals surface area contributed by atoms with Gasteiger partial charge in [-0.05, 0) is 28.1 Å². The molecule has 0 saturated carbocycles. The SMILES string of the molecule is COc1ccc(-c2cc(N)on2)c(F)c1Br. The second-order valence-electron chi connectivity index (χ2n) is 3.06. The first-order valence-electron chi connectivity index (χ1n) is 4.38. The lowest BCUT2D eigenvalue weighted by molar-refractivity contribution is 0.407. The minimum Gasteiger partial charge on any atom is -0.495 e. The first-order valence-corrected chi connectivity index (χ1v) is 5.17. The molecule has 16 heavy (non-hydrogen) atoms. The van der Waals surface area contributed by atoms with Crippen LogP contribution >= 0.6 is 15.9 Å². The van der Waals surface area contributed by atoms with E-state index in [0.717, 1.165) is 0 Å². The van der Waals surface area contributed by atoms with Crippen molar-refractivity contribution in [3.63, 3.8) is 0 Å². The summed E-state index contributed by atoms with van der Waals surface area (Å²) < 4.78 is 23.8. The van der Waals surface area contributed by atoms with Crippen molar-refractivity contribution in [2.45, 2.75) is 0 Å². The zero-order valence-electron chi connectivity index (χ0n) is 8.33. The fraction of sp³-hybridized carbons (Fsp3) is 0.100. The van der Waals surface area contributed by atoms with Crippen LogP contribution in [0.4, 0.5) is 10.3 Å². The topological polar surface area (TPSA) is 61.3 Å². The second kappa shape index (κ2) is 4.13. The van der Waals surface area contributed by atoms with Crippen LogP contribution in [0.5, 0.6) is 5.75 Å². The average molecular weight is 287 g/mol. The summed E-state index contributed by atoms with van der Waals surface area (Å²) in [4.78, 5) is 0. The molecular weight excluding hydrogens is 279 g/mol. The third kappa shape index (κ3) is 1.76. The second-order valence-corrected chi connectivity index (χ2v) is 3.85. The maximum absolute atomic E-state index is 13.9. The van der Waals surface area contributed by atoms with Crippen molar-refractivity contribution in [1.82, 2.24) is 5.16 Å². The molecule has 1 aromatic carbocycles. The van der Waals surface area contributed by atoms with E-state index in [2.05, 4.69) is 25.6 Å². The number of rotatable bonds is 2. The molecule has 1 aromatic heterocycles. The number of aromatic nitrogens is 1. The number of methoxy groups -OCH3 is 1. The molecule has 0 aliphatic carbocycles. The molecule has 4 nitrogen and oxygen atoms in total. The van der Waals surface area contributed by atoms with E-state index in [1.807, 2.05) is 0 Å². The summed E-state index contributed by atoms with van der Waals surface area (Å²) in [6.07, 6.45) is 0. The minimum absolute atomic E-state index is 0.140. The van der Waals surface area contributed by atoms with E-state index in [-0.39, 0.29) is 10.4 Å². The fourth-order valence-corrected chi connectivity index (χ4v) is 1.81. The van der Waals surface area contributed by atoms with Gasteiger partial charge in [0.15, 0.2) is 5.82 Å².